The lowest BCUT2D eigenvalue weighted by Gasteiger charge is -2.12. The summed E-state index contributed by atoms with van der Waals surface area (Å²) in [6.07, 6.45) is 1.59. The van der Waals surface area contributed by atoms with Crippen LogP contribution in [0.4, 0.5) is 5.69 Å². The lowest BCUT2D eigenvalue weighted by molar-refractivity contribution is -0.116. The zero-order chi connectivity index (χ0) is 18.9. The lowest BCUT2D eigenvalue weighted by atomic mass is 10.1. The summed E-state index contributed by atoms with van der Waals surface area (Å²) in [6.45, 7) is 0.360. The van der Waals surface area contributed by atoms with E-state index in [0.717, 1.165) is 29.0 Å². The molecule has 0 saturated carbocycles. The molecule has 1 amide bonds. The van der Waals surface area contributed by atoms with E-state index >= 15 is 0 Å². The Morgan fingerprint density at radius 3 is 2.63 bits per heavy atom. The Morgan fingerprint density at radius 1 is 1.07 bits per heavy atom. The molecule has 1 N–H and O–H groups in total. The summed E-state index contributed by atoms with van der Waals surface area (Å²) in [4.78, 5) is 13.5. The highest BCUT2D eigenvalue weighted by Crippen LogP contribution is 2.20. The number of ether oxygens (including phenoxy) is 1. The number of carbonyl (C=O) groups excluding carboxylic acids is 1. The number of para-hydroxylation sites is 1. The van der Waals surface area contributed by atoms with E-state index in [1.54, 1.807) is 11.3 Å². The van der Waals surface area contributed by atoms with Crippen LogP contribution in [0.5, 0.6) is 5.75 Å². The molecule has 5 heteroatoms. The Labute approximate surface area is 163 Å². The van der Waals surface area contributed by atoms with Crippen molar-refractivity contribution in [1.82, 2.24) is 0 Å². The molecular formula is C22H20N2O2S. The van der Waals surface area contributed by atoms with Crippen LogP contribution >= 0.6 is 11.3 Å². The van der Waals surface area contributed by atoms with E-state index in [0.29, 0.717) is 19.4 Å². The van der Waals surface area contributed by atoms with E-state index in [4.69, 9.17) is 10.00 Å². The van der Waals surface area contributed by atoms with Crippen LogP contribution in [-0.2, 0) is 24.2 Å². The van der Waals surface area contributed by atoms with E-state index in [-0.39, 0.29) is 5.91 Å². The Kier molecular flexibility index (Phi) is 6.61. The number of anilines is 1. The fourth-order valence-corrected chi connectivity index (χ4v) is 3.34. The number of hydrogen-bond donors (Lipinski definition) is 1. The van der Waals surface area contributed by atoms with Gasteiger partial charge in [-0.3, -0.25) is 4.79 Å². The van der Waals surface area contributed by atoms with E-state index in [9.17, 15) is 4.79 Å². The third-order valence-electron chi connectivity index (χ3n) is 4.07. The maximum atomic E-state index is 12.3. The van der Waals surface area contributed by atoms with E-state index in [1.165, 1.54) is 4.88 Å². The van der Waals surface area contributed by atoms with Crippen molar-refractivity contribution in [3.8, 4) is 11.8 Å². The first-order valence-electron chi connectivity index (χ1n) is 8.73. The largest absolute Gasteiger partial charge is 0.489 e. The molecule has 136 valence electrons. The van der Waals surface area contributed by atoms with Gasteiger partial charge in [-0.15, -0.1) is 11.3 Å². The molecule has 0 spiro atoms. The van der Waals surface area contributed by atoms with Crippen molar-refractivity contribution < 1.29 is 9.53 Å². The van der Waals surface area contributed by atoms with Gasteiger partial charge in [-0.05, 0) is 41.6 Å². The van der Waals surface area contributed by atoms with Crippen molar-refractivity contribution in [3.63, 3.8) is 0 Å². The lowest BCUT2D eigenvalue weighted by Crippen LogP contribution is -2.14. The quantitative estimate of drug-likeness (QED) is 0.604. The molecule has 1 aromatic heterocycles. The zero-order valence-electron chi connectivity index (χ0n) is 14.9. The van der Waals surface area contributed by atoms with Crippen molar-refractivity contribution in [2.45, 2.75) is 25.9 Å². The molecule has 1 heterocycles. The van der Waals surface area contributed by atoms with Gasteiger partial charge in [0, 0.05) is 22.5 Å². The van der Waals surface area contributed by atoms with Gasteiger partial charge in [-0.1, -0.05) is 36.4 Å². The molecule has 27 heavy (non-hydrogen) atoms. The first-order valence-corrected chi connectivity index (χ1v) is 9.61. The third kappa shape index (κ3) is 5.70. The number of nitrogens with one attached hydrogen (secondary N) is 1. The molecule has 0 aliphatic heterocycles. The minimum atomic E-state index is -0.00305. The Bertz CT molecular complexity index is 912. The summed E-state index contributed by atoms with van der Waals surface area (Å²) in [7, 11) is 0. The maximum absolute atomic E-state index is 12.3. The predicted molar refractivity (Wildman–Crippen MR) is 108 cm³/mol. The number of carbonyl (C=O) groups is 1. The number of rotatable bonds is 8. The van der Waals surface area contributed by atoms with Gasteiger partial charge in [-0.2, -0.15) is 5.26 Å². The van der Waals surface area contributed by atoms with Crippen LogP contribution in [-0.4, -0.2) is 5.91 Å². The van der Waals surface area contributed by atoms with Gasteiger partial charge in [0.15, 0.2) is 0 Å². The molecule has 0 saturated heterocycles. The van der Waals surface area contributed by atoms with Crippen LogP contribution in [0, 0.1) is 11.3 Å². The molecule has 2 aromatic carbocycles. The molecule has 4 nitrogen and oxygen atoms in total. The molecule has 0 bridgehead atoms. The van der Waals surface area contributed by atoms with Crippen LogP contribution in [0.2, 0.25) is 0 Å². The minimum Gasteiger partial charge on any atom is -0.489 e. The normalized spacial score (nSPS) is 10.2. The van der Waals surface area contributed by atoms with Gasteiger partial charge in [0.05, 0.1) is 12.5 Å². The monoisotopic (exact) mass is 376 g/mol. The van der Waals surface area contributed by atoms with Gasteiger partial charge in [0.25, 0.3) is 0 Å². The second-order valence-corrected chi connectivity index (χ2v) is 7.08. The zero-order valence-corrected chi connectivity index (χ0v) is 15.7. The molecule has 0 fully saturated rings. The predicted octanol–water partition coefficient (Wildman–Crippen LogP) is 4.96. The molecule has 0 aliphatic carbocycles. The summed E-state index contributed by atoms with van der Waals surface area (Å²) in [6, 6.07) is 21.3. The first-order chi connectivity index (χ1) is 13.2. The summed E-state index contributed by atoms with van der Waals surface area (Å²) >= 11 is 1.67. The van der Waals surface area contributed by atoms with Crippen LogP contribution < -0.4 is 10.1 Å². The molecule has 0 aliphatic rings. The molecule has 0 radical (unpaired) electrons. The molecule has 0 atom stereocenters. The number of amides is 1. The topological polar surface area (TPSA) is 62.1 Å². The second kappa shape index (κ2) is 9.56. The van der Waals surface area contributed by atoms with E-state index in [1.807, 2.05) is 66.0 Å². The average molecular weight is 376 g/mol. The van der Waals surface area contributed by atoms with Crippen LogP contribution in [0.1, 0.15) is 22.4 Å². The fraction of sp³-hybridized carbons (Fsp3) is 0.182. The van der Waals surface area contributed by atoms with Crippen LogP contribution in [0.15, 0.2) is 66.0 Å². The molecule has 0 unspecified atom stereocenters. The Balaban J connectivity index is 1.56. The third-order valence-corrected chi connectivity index (χ3v) is 5.01. The smallest absolute Gasteiger partial charge is 0.224 e. The number of thiophene rings is 1. The van der Waals surface area contributed by atoms with Gasteiger partial charge in [0.1, 0.15) is 12.4 Å². The number of hydrogen-bond acceptors (Lipinski definition) is 4. The SMILES string of the molecule is N#CCc1ccc(OCc2ccccc2NC(=O)CCc2cccs2)cc1. The number of benzene rings is 2. The van der Waals surface area contributed by atoms with Crippen molar-refractivity contribution in [2.75, 3.05) is 5.32 Å². The molecule has 3 aromatic rings. The van der Waals surface area contributed by atoms with Crippen LogP contribution in [0.3, 0.4) is 0 Å². The standard InChI is InChI=1S/C22H20N2O2S/c23-14-13-17-7-9-19(10-8-17)26-16-18-4-1-2-6-21(18)24-22(25)12-11-20-5-3-15-27-20/h1-10,15H,11-13,16H2,(H,24,25). The van der Waals surface area contributed by atoms with Crippen molar-refractivity contribution in [2.24, 2.45) is 0 Å². The summed E-state index contributed by atoms with van der Waals surface area (Å²) in [5, 5.41) is 13.7. The van der Waals surface area contributed by atoms with E-state index in [2.05, 4.69) is 11.4 Å². The number of aryl methyl sites for hydroxylation is 1. The minimum absolute atomic E-state index is 0.00305. The van der Waals surface area contributed by atoms with Crippen LogP contribution in [0.25, 0.3) is 0 Å². The van der Waals surface area contributed by atoms with Gasteiger partial charge in [0.2, 0.25) is 5.91 Å². The second-order valence-electron chi connectivity index (χ2n) is 6.05. The average Bonchev–Trinajstić information content (AvgIpc) is 3.21. The number of nitriles is 1. The first kappa shape index (κ1) is 18.7. The molecular weight excluding hydrogens is 356 g/mol. The summed E-state index contributed by atoms with van der Waals surface area (Å²) < 4.78 is 5.83. The van der Waals surface area contributed by atoms with Gasteiger partial charge >= 0.3 is 0 Å². The van der Waals surface area contributed by atoms with Crippen molar-refractivity contribution in [1.29, 1.82) is 5.26 Å². The van der Waals surface area contributed by atoms with E-state index < -0.39 is 0 Å². The van der Waals surface area contributed by atoms with Gasteiger partial charge in [-0.25, -0.2) is 0 Å². The highest BCUT2D eigenvalue weighted by atomic mass is 32.1. The van der Waals surface area contributed by atoms with Crippen molar-refractivity contribution >= 4 is 22.9 Å². The maximum Gasteiger partial charge on any atom is 0.224 e. The summed E-state index contributed by atoms with van der Waals surface area (Å²) in [5.74, 6) is 0.729. The summed E-state index contributed by atoms with van der Waals surface area (Å²) in [5.41, 5.74) is 2.65. The van der Waals surface area contributed by atoms with Crippen molar-refractivity contribution in [3.05, 3.63) is 82.0 Å². The highest BCUT2D eigenvalue weighted by molar-refractivity contribution is 7.09. The Hall–Kier alpha value is -3.10. The number of nitrogens with zero attached hydrogens (tertiary/aromatic N) is 1. The fourth-order valence-electron chi connectivity index (χ4n) is 2.63. The Morgan fingerprint density at radius 2 is 1.89 bits per heavy atom. The highest BCUT2D eigenvalue weighted by Gasteiger charge is 2.08. The molecule has 3 rings (SSSR count). The van der Waals surface area contributed by atoms with Gasteiger partial charge < -0.3 is 10.1 Å².